The van der Waals surface area contributed by atoms with Gasteiger partial charge in [0.2, 0.25) is 5.89 Å². The second kappa shape index (κ2) is 7.39. The Kier molecular flexibility index (Phi) is 6.16. The van der Waals surface area contributed by atoms with Crippen molar-refractivity contribution >= 4 is 0 Å². The van der Waals surface area contributed by atoms with Gasteiger partial charge >= 0.3 is 12.3 Å². The van der Waals surface area contributed by atoms with Gasteiger partial charge in [0, 0.05) is 6.42 Å². The van der Waals surface area contributed by atoms with Crippen molar-refractivity contribution in [1.82, 2.24) is 10.1 Å². The molecule has 19 heavy (non-hydrogen) atoms. The van der Waals surface area contributed by atoms with E-state index in [-0.39, 0.29) is 5.82 Å². The maximum atomic E-state index is 12.5. The molecule has 0 radical (unpaired) electrons. The van der Waals surface area contributed by atoms with Crippen molar-refractivity contribution in [2.75, 3.05) is 13.2 Å². The molecule has 9 heteroatoms. The Labute approximate surface area is 107 Å². The minimum Gasteiger partial charge on any atom is -0.367 e. The van der Waals surface area contributed by atoms with E-state index in [9.17, 15) is 17.6 Å². The Morgan fingerprint density at radius 2 is 2.05 bits per heavy atom. The predicted octanol–water partition coefficient (Wildman–Crippen LogP) is 1.77. The van der Waals surface area contributed by atoms with E-state index >= 15 is 0 Å². The predicted molar refractivity (Wildman–Crippen MR) is 56.9 cm³/mol. The van der Waals surface area contributed by atoms with Crippen molar-refractivity contribution in [1.29, 1.82) is 0 Å². The summed E-state index contributed by atoms with van der Waals surface area (Å²) in [5.74, 6) is -3.78. The van der Waals surface area contributed by atoms with Crippen LogP contribution in [0.3, 0.4) is 0 Å². The fourth-order valence-electron chi connectivity index (χ4n) is 1.21. The Morgan fingerprint density at radius 3 is 2.68 bits per heavy atom. The third kappa shape index (κ3) is 5.52. The molecule has 5 nitrogen and oxygen atoms in total. The lowest BCUT2D eigenvalue weighted by atomic mass is 10.2. The molecule has 0 atom stereocenters. The van der Waals surface area contributed by atoms with Crippen LogP contribution in [0.15, 0.2) is 4.52 Å². The lowest BCUT2D eigenvalue weighted by molar-refractivity contribution is -0.168. The number of halogens is 4. The molecule has 0 saturated heterocycles. The summed E-state index contributed by atoms with van der Waals surface area (Å²) in [6.45, 7) is -1.24. The number of alkyl halides is 4. The molecule has 1 aromatic rings. The third-order valence-corrected chi connectivity index (χ3v) is 2.20. The molecule has 0 aliphatic heterocycles. The SMILES string of the molecule is NCCCCc1nc(COCC(F)(F)C(F)F)no1. The highest BCUT2D eigenvalue weighted by Gasteiger charge is 2.41. The minimum absolute atomic E-state index is 0.0489. The van der Waals surface area contributed by atoms with Crippen LogP contribution >= 0.6 is 0 Å². The second-order valence-electron chi connectivity index (χ2n) is 3.90. The molecular formula is C10H15F4N3O2. The van der Waals surface area contributed by atoms with Crippen LogP contribution in [0.1, 0.15) is 24.6 Å². The summed E-state index contributed by atoms with van der Waals surface area (Å²) < 4.78 is 57.9. The van der Waals surface area contributed by atoms with Crippen LogP contribution in [-0.4, -0.2) is 35.6 Å². The van der Waals surface area contributed by atoms with Gasteiger partial charge in [0.05, 0.1) is 0 Å². The number of rotatable bonds is 9. The first kappa shape index (κ1) is 15.8. The standard InChI is InChI=1S/C10H15F4N3O2/c11-9(12)10(13,14)6-18-5-7-16-8(19-17-7)3-1-2-4-15/h9H,1-6,15H2. The number of aromatic nitrogens is 2. The molecule has 1 rings (SSSR count). The van der Waals surface area contributed by atoms with Crippen LogP contribution in [-0.2, 0) is 17.8 Å². The van der Waals surface area contributed by atoms with Crippen molar-refractivity contribution in [2.24, 2.45) is 5.73 Å². The summed E-state index contributed by atoms with van der Waals surface area (Å²) in [4.78, 5) is 3.87. The highest BCUT2D eigenvalue weighted by molar-refractivity contribution is 4.84. The summed E-state index contributed by atoms with van der Waals surface area (Å²) in [5.41, 5.74) is 5.31. The van der Waals surface area contributed by atoms with Gasteiger partial charge in [0.15, 0.2) is 5.82 Å². The van der Waals surface area contributed by atoms with Gasteiger partial charge in [-0.05, 0) is 19.4 Å². The Hall–Kier alpha value is -1.22. The van der Waals surface area contributed by atoms with E-state index in [0.717, 1.165) is 12.8 Å². The van der Waals surface area contributed by atoms with Crippen LogP contribution in [0.4, 0.5) is 17.6 Å². The van der Waals surface area contributed by atoms with Gasteiger partial charge in [0.1, 0.15) is 13.2 Å². The molecule has 0 fully saturated rings. The van der Waals surface area contributed by atoms with Gasteiger partial charge < -0.3 is 15.0 Å². The lowest BCUT2D eigenvalue weighted by Crippen LogP contribution is -2.32. The van der Waals surface area contributed by atoms with Gasteiger partial charge in [-0.2, -0.15) is 13.8 Å². The summed E-state index contributed by atoms with van der Waals surface area (Å²) >= 11 is 0. The van der Waals surface area contributed by atoms with Crippen LogP contribution in [0.25, 0.3) is 0 Å². The van der Waals surface area contributed by atoms with Gasteiger partial charge in [-0.3, -0.25) is 0 Å². The first-order chi connectivity index (χ1) is 8.95. The van der Waals surface area contributed by atoms with Crippen molar-refractivity contribution in [3.8, 4) is 0 Å². The minimum atomic E-state index is -4.17. The van der Waals surface area contributed by atoms with Crippen molar-refractivity contribution in [3.05, 3.63) is 11.7 Å². The molecule has 0 spiro atoms. The number of hydrogen-bond acceptors (Lipinski definition) is 5. The lowest BCUT2D eigenvalue weighted by Gasteiger charge is -2.14. The molecule has 0 amide bonds. The van der Waals surface area contributed by atoms with Crippen LogP contribution in [0.5, 0.6) is 0 Å². The molecule has 0 bridgehead atoms. The van der Waals surface area contributed by atoms with Crippen LogP contribution in [0, 0.1) is 0 Å². The summed E-state index contributed by atoms with van der Waals surface area (Å²) in [6.07, 6.45) is -1.67. The normalized spacial score (nSPS) is 12.3. The molecule has 1 heterocycles. The first-order valence-electron chi connectivity index (χ1n) is 5.71. The van der Waals surface area contributed by atoms with Crippen molar-refractivity contribution in [3.63, 3.8) is 0 Å². The molecule has 2 N–H and O–H groups in total. The van der Waals surface area contributed by atoms with Gasteiger partial charge in [-0.1, -0.05) is 5.16 Å². The molecule has 0 unspecified atom stereocenters. The zero-order chi connectivity index (χ0) is 14.3. The number of ether oxygens (including phenoxy) is 1. The van der Waals surface area contributed by atoms with E-state index < -0.39 is 25.6 Å². The maximum Gasteiger partial charge on any atom is 0.330 e. The van der Waals surface area contributed by atoms with Gasteiger partial charge in [0.25, 0.3) is 0 Å². The van der Waals surface area contributed by atoms with E-state index in [0.29, 0.717) is 18.9 Å². The van der Waals surface area contributed by atoms with Gasteiger partial charge in [-0.25, -0.2) is 8.78 Å². The average molecular weight is 285 g/mol. The number of aryl methyl sites for hydroxylation is 1. The zero-order valence-electron chi connectivity index (χ0n) is 10.1. The monoisotopic (exact) mass is 285 g/mol. The van der Waals surface area contributed by atoms with Gasteiger partial charge in [-0.15, -0.1) is 0 Å². The van der Waals surface area contributed by atoms with E-state index in [1.54, 1.807) is 0 Å². The van der Waals surface area contributed by atoms with E-state index in [1.807, 2.05) is 0 Å². The Morgan fingerprint density at radius 1 is 1.32 bits per heavy atom. The van der Waals surface area contributed by atoms with E-state index in [2.05, 4.69) is 14.9 Å². The Balaban J connectivity index is 2.30. The van der Waals surface area contributed by atoms with Crippen LogP contribution in [0.2, 0.25) is 0 Å². The highest BCUT2D eigenvalue weighted by atomic mass is 19.3. The fraction of sp³-hybridized carbons (Fsp3) is 0.800. The molecule has 0 aromatic carbocycles. The molecule has 0 aliphatic carbocycles. The first-order valence-corrected chi connectivity index (χ1v) is 5.71. The highest BCUT2D eigenvalue weighted by Crippen LogP contribution is 2.23. The third-order valence-electron chi connectivity index (χ3n) is 2.20. The largest absolute Gasteiger partial charge is 0.367 e. The molecule has 0 aliphatic rings. The number of unbranched alkanes of at least 4 members (excludes halogenated alkanes) is 1. The number of nitrogens with zero attached hydrogens (tertiary/aromatic N) is 2. The van der Waals surface area contributed by atoms with Crippen LogP contribution < -0.4 is 5.73 Å². The Bertz CT molecular complexity index is 373. The topological polar surface area (TPSA) is 74.2 Å². The molecular weight excluding hydrogens is 270 g/mol. The second-order valence-corrected chi connectivity index (χ2v) is 3.90. The van der Waals surface area contributed by atoms with E-state index in [4.69, 9.17) is 10.3 Å². The van der Waals surface area contributed by atoms with Crippen molar-refractivity contribution in [2.45, 2.75) is 38.2 Å². The summed E-state index contributed by atoms with van der Waals surface area (Å²) in [7, 11) is 0. The smallest absolute Gasteiger partial charge is 0.330 e. The molecule has 110 valence electrons. The molecule has 0 saturated carbocycles. The van der Waals surface area contributed by atoms with Crippen molar-refractivity contribution < 1.29 is 26.8 Å². The molecule has 1 aromatic heterocycles. The quantitative estimate of drug-likeness (QED) is 0.553. The number of nitrogens with two attached hydrogens (primary N) is 1. The van der Waals surface area contributed by atoms with E-state index in [1.165, 1.54) is 0 Å². The number of hydrogen-bond donors (Lipinski definition) is 1. The maximum absolute atomic E-state index is 12.5. The summed E-state index contributed by atoms with van der Waals surface area (Å²) in [6, 6.07) is 0. The average Bonchev–Trinajstić information content (AvgIpc) is 2.77. The zero-order valence-corrected chi connectivity index (χ0v) is 10.1. The summed E-state index contributed by atoms with van der Waals surface area (Å²) in [5, 5.41) is 3.48. The fourth-order valence-corrected chi connectivity index (χ4v) is 1.21.